The second kappa shape index (κ2) is 6.12. The highest BCUT2D eigenvalue weighted by Crippen LogP contribution is 2.22. The van der Waals surface area contributed by atoms with E-state index >= 15 is 0 Å². The van der Waals surface area contributed by atoms with E-state index in [0.29, 0.717) is 13.0 Å². The van der Waals surface area contributed by atoms with Gasteiger partial charge in [0.05, 0.1) is 6.61 Å². The largest absolute Gasteiger partial charge is 0.395 e. The van der Waals surface area contributed by atoms with Gasteiger partial charge in [0.2, 0.25) is 6.41 Å². The second-order valence-corrected chi connectivity index (χ2v) is 3.56. The van der Waals surface area contributed by atoms with Gasteiger partial charge in [-0.3, -0.25) is 4.79 Å². The van der Waals surface area contributed by atoms with Crippen LogP contribution in [0.25, 0.3) is 0 Å². The van der Waals surface area contributed by atoms with Crippen LogP contribution in [0.3, 0.4) is 0 Å². The third-order valence-electron chi connectivity index (χ3n) is 2.54. The fourth-order valence-electron chi connectivity index (χ4n) is 1.66. The highest BCUT2D eigenvalue weighted by Gasteiger charge is 2.05. The minimum absolute atomic E-state index is 0.140. The predicted molar refractivity (Wildman–Crippen MR) is 65.8 cm³/mol. The maximum atomic E-state index is 10.3. The molecule has 0 saturated heterocycles. The smallest absolute Gasteiger partial charge is 0.211 e. The molecule has 0 aromatic heterocycles. The maximum Gasteiger partial charge on any atom is 0.211 e. The summed E-state index contributed by atoms with van der Waals surface area (Å²) in [4.78, 5) is 12.4. The van der Waals surface area contributed by atoms with Gasteiger partial charge in [0.1, 0.15) is 0 Å². The van der Waals surface area contributed by atoms with Crippen molar-refractivity contribution in [2.75, 3.05) is 29.9 Å². The molecule has 1 amide bonds. The van der Waals surface area contributed by atoms with Gasteiger partial charge < -0.3 is 15.3 Å². The first-order chi connectivity index (χ1) is 7.72. The van der Waals surface area contributed by atoms with Crippen LogP contribution < -0.4 is 10.2 Å². The molecule has 0 atom stereocenters. The topological polar surface area (TPSA) is 52.6 Å². The molecule has 4 nitrogen and oxygen atoms in total. The minimum atomic E-state index is 0.140. The number of benzene rings is 1. The molecule has 0 radical (unpaired) electrons. The van der Waals surface area contributed by atoms with Gasteiger partial charge >= 0.3 is 0 Å². The highest BCUT2D eigenvalue weighted by molar-refractivity contribution is 5.74. The van der Waals surface area contributed by atoms with E-state index in [4.69, 9.17) is 5.11 Å². The first kappa shape index (κ1) is 12.5. The molecule has 0 spiro atoms. The fourth-order valence-corrected chi connectivity index (χ4v) is 1.66. The van der Waals surface area contributed by atoms with Gasteiger partial charge in [0.15, 0.2) is 0 Å². The number of nitrogens with zero attached hydrogens (tertiary/aromatic N) is 1. The first-order valence-electron chi connectivity index (χ1n) is 5.39. The molecule has 4 heteroatoms. The number of amides is 1. The molecular formula is C12H18N2O2. The number of hydrogen-bond donors (Lipinski definition) is 2. The molecule has 88 valence electrons. The Labute approximate surface area is 95.9 Å². The normalized spacial score (nSPS) is 9.94. The van der Waals surface area contributed by atoms with Crippen molar-refractivity contribution in [3.8, 4) is 0 Å². The molecule has 0 aliphatic heterocycles. The summed E-state index contributed by atoms with van der Waals surface area (Å²) in [5, 5.41) is 11.6. The van der Waals surface area contributed by atoms with Crippen molar-refractivity contribution in [1.82, 2.24) is 0 Å². The van der Waals surface area contributed by atoms with Crippen LogP contribution in [0.2, 0.25) is 0 Å². The van der Waals surface area contributed by atoms with Crippen molar-refractivity contribution in [2.45, 2.75) is 13.8 Å². The lowest BCUT2D eigenvalue weighted by Crippen LogP contribution is -2.26. The van der Waals surface area contributed by atoms with Crippen LogP contribution in [0.5, 0.6) is 0 Å². The summed E-state index contributed by atoms with van der Waals surface area (Å²) in [5.74, 6) is 0. The lowest BCUT2D eigenvalue weighted by Gasteiger charge is -2.22. The number of aliphatic hydroxyl groups is 1. The number of nitrogens with one attached hydrogen (secondary N) is 1. The third kappa shape index (κ3) is 2.97. The van der Waals surface area contributed by atoms with Crippen LogP contribution in [0.1, 0.15) is 12.5 Å². The van der Waals surface area contributed by atoms with Gasteiger partial charge in [-0.25, -0.2) is 0 Å². The van der Waals surface area contributed by atoms with E-state index in [2.05, 4.69) is 10.2 Å². The van der Waals surface area contributed by atoms with E-state index in [9.17, 15) is 4.79 Å². The number of aryl methyl sites for hydroxylation is 1. The molecule has 0 heterocycles. The zero-order valence-electron chi connectivity index (χ0n) is 9.73. The van der Waals surface area contributed by atoms with Gasteiger partial charge in [-0.2, -0.15) is 0 Å². The summed E-state index contributed by atoms with van der Waals surface area (Å²) in [6.07, 6.45) is 0.674. The van der Waals surface area contributed by atoms with Gasteiger partial charge in [0.25, 0.3) is 0 Å². The molecule has 0 aliphatic carbocycles. The van der Waals surface area contributed by atoms with Gasteiger partial charge in [-0.1, -0.05) is 0 Å². The Hall–Kier alpha value is -1.55. The number of carbonyl (C=O) groups excluding carboxylic acids is 1. The Kier molecular flexibility index (Phi) is 4.79. The first-order valence-corrected chi connectivity index (χ1v) is 5.39. The molecule has 0 unspecified atom stereocenters. The number of carbonyl (C=O) groups is 1. The summed E-state index contributed by atoms with van der Waals surface area (Å²) in [7, 11) is 0. The lowest BCUT2D eigenvalue weighted by atomic mass is 10.1. The third-order valence-corrected chi connectivity index (χ3v) is 2.54. The van der Waals surface area contributed by atoms with Crippen molar-refractivity contribution in [1.29, 1.82) is 0 Å². The Morgan fingerprint density at radius 2 is 2.25 bits per heavy atom. The van der Waals surface area contributed by atoms with E-state index in [1.165, 1.54) is 0 Å². The Morgan fingerprint density at radius 1 is 1.50 bits per heavy atom. The molecular weight excluding hydrogens is 204 g/mol. The number of rotatable bonds is 6. The van der Waals surface area contributed by atoms with Crippen molar-refractivity contribution >= 4 is 17.8 Å². The molecule has 0 bridgehead atoms. The van der Waals surface area contributed by atoms with Crippen LogP contribution in [0.4, 0.5) is 11.4 Å². The molecule has 0 fully saturated rings. The summed E-state index contributed by atoms with van der Waals surface area (Å²) in [5.41, 5.74) is 2.89. The van der Waals surface area contributed by atoms with Crippen LogP contribution in [0, 0.1) is 6.92 Å². The zero-order chi connectivity index (χ0) is 12.0. The Morgan fingerprint density at radius 3 is 2.75 bits per heavy atom. The summed E-state index contributed by atoms with van der Waals surface area (Å²) in [6, 6.07) is 5.82. The van der Waals surface area contributed by atoms with Crippen molar-refractivity contribution in [2.24, 2.45) is 0 Å². The number of aliphatic hydroxyl groups excluding tert-OH is 1. The monoisotopic (exact) mass is 222 g/mol. The Balaban J connectivity index is 2.89. The molecule has 2 N–H and O–H groups in total. The van der Waals surface area contributed by atoms with Crippen LogP contribution in [0.15, 0.2) is 18.2 Å². The van der Waals surface area contributed by atoms with Gasteiger partial charge in [0, 0.05) is 24.5 Å². The van der Waals surface area contributed by atoms with Crippen molar-refractivity contribution < 1.29 is 9.90 Å². The number of anilines is 2. The molecule has 0 aliphatic rings. The van der Waals surface area contributed by atoms with Gasteiger partial charge in [-0.05, 0) is 37.6 Å². The quantitative estimate of drug-likeness (QED) is 0.715. The number of hydrogen-bond acceptors (Lipinski definition) is 3. The molecule has 1 aromatic rings. The van der Waals surface area contributed by atoms with Crippen molar-refractivity contribution in [3.05, 3.63) is 23.8 Å². The van der Waals surface area contributed by atoms with Gasteiger partial charge in [-0.15, -0.1) is 0 Å². The lowest BCUT2D eigenvalue weighted by molar-refractivity contribution is -0.105. The Bertz CT molecular complexity index is 353. The number of likely N-dealkylation sites (N-methyl/N-ethyl adjacent to an activating group) is 1. The summed E-state index contributed by atoms with van der Waals surface area (Å²) < 4.78 is 0. The van der Waals surface area contributed by atoms with E-state index < -0.39 is 0 Å². The fraction of sp³-hybridized carbons (Fsp3) is 0.417. The van der Waals surface area contributed by atoms with E-state index in [-0.39, 0.29) is 6.61 Å². The standard InChI is InChI=1S/C12H18N2O2/c1-3-14(6-7-15)11-4-5-12(13-9-16)10(2)8-11/h4-5,8-9,15H,3,6-7H2,1-2H3,(H,13,16). The van der Waals surface area contributed by atoms with Crippen LogP contribution in [-0.4, -0.2) is 31.2 Å². The van der Waals surface area contributed by atoms with E-state index in [1.807, 2.05) is 32.0 Å². The molecule has 1 aromatic carbocycles. The average Bonchev–Trinajstić information content (AvgIpc) is 2.29. The van der Waals surface area contributed by atoms with E-state index in [0.717, 1.165) is 23.5 Å². The summed E-state index contributed by atoms with van der Waals surface area (Å²) in [6.45, 7) is 5.60. The zero-order valence-corrected chi connectivity index (χ0v) is 9.73. The highest BCUT2D eigenvalue weighted by atomic mass is 16.3. The second-order valence-electron chi connectivity index (χ2n) is 3.56. The summed E-state index contributed by atoms with van der Waals surface area (Å²) >= 11 is 0. The molecule has 1 rings (SSSR count). The van der Waals surface area contributed by atoms with Crippen LogP contribution >= 0.6 is 0 Å². The van der Waals surface area contributed by atoms with Crippen LogP contribution in [-0.2, 0) is 4.79 Å². The van der Waals surface area contributed by atoms with E-state index in [1.54, 1.807) is 0 Å². The average molecular weight is 222 g/mol. The predicted octanol–water partition coefficient (Wildman–Crippen LogP) is 1.38. The van der Waals surface area contributed by atoms with Crippen molar-refractivity contribution in [3.63, 3.8) is 0 Å². The molecule has 0 saturated carbocycles. The molecule has 16 heavy (non-hydrogen) atoms. The minimum Gasteiger partial charge on any atom is -0.395 e. The maximum absolute atomic E-state index is 10.3. The SMILES string of the molecule is CCN(CCO)c1ccc(NC=O)c(C)c1.